The normalized spacial score (nSPS) is 9.73. The van der Waals surface area contributed by atoms with E-state index in [-0.39, 0.29) is 36.3 Å². The molecule has 2 aromatic carbocycles. The smallest absolute Gasteiger partial charge is 0.292 e. The maximum absolute atomic E-state index is 10.4. The summed E-state index contributed by atoms with van der Waals surface area (Å²) >= 11 is 0. The van der Waals surface area contributed by atoms with E-state index in [0.717, 1.165) is 6.07 Å². The summed E-state index contributed by atoms with van der Waals surface area (Å²) in [6.45, 7) is 0. The Morgan fingerprint density at radius 1 is 0.946 bits per heavy atom. The number of aromatic nitrogens is 5. The molecule has 16 heteroatoms. The summed E-state index contributed by atoms with van der Waals surface area (Å²) in [5.74, 6) is 0.167. The van der Waals surface area contributed by atoms with Gasteiger partial charge >= 0.3 is 0 Å². The maximum Gasteiger partial charge on any atom is 0.292 e. The number of phenols is 1. The maximum atomic E-state index is 10.4. The molecule has 0 aliphatic rings. The Hall–Kier alpha value is -5.80. The molecule has 37 heavy (non-hydrogen) atoms. The molecular weight excluding hydrogens is 488 g/mol. The Kier molecular flexibility index (Phi) is 8.95. The predicted molar refractivity (Wildman–Crippen MR) is 134 cm³/mol. The number of imidazole rings is 2. The Balaban J connectivity index is 0.000000193. The minimum absolute atomic E-state index is 0. The summed E-state index contributed by atoms with van der Waals surface area (Å²) < 4.78 is 8.14. The van der Waals surface area contributed by atoms with Crippen molar-refractivity contribution in [2.24, 2.45) is 0 Å². The highest BCUT2D eigenvalue weighted by atomic mass is 16.6. The van der Waals surface area contributed by atoms with E-state index in [1.165, 1.54) is 30.3 Å². The number of anilines is 2. The molecule has 3 aromatic heterocycles. The number of nitro groups is 2. The van der Waals surface area contributed by atoms with Gasteiger partial charge < -0.3 is 21.0 Å². The molecule has 192 valence electrons. The monoisotopic (exact) mass is 510 g/mol. The van der Waals surface area contributed by atoms with Gasteiger partial charge in [-0.05, 0) is 12.1 Å². The Morgan fingerprint density at radius 2 is 1.49 bits per heavy atom. The molecule has 16 nitrogen and oxygen atoms in total. The van der Waals surface area contributed by atoms with Gasteiger partial charge in [0, 0.05) is 49.1 Å². The standard InChI is InChI=1S/C7H7N5.C7H5N3O3.C6H6N2O3.CH4/c8-7(11-3-1-9-5-11)12-4-2-10-6-12;8-7-9-5-3-4(10(11)12)1-2-6(5)13-7;7-5-3-4(8(10)11)1-2-6(5)9;/h1-6,8H;1-3H,(H2,8,9);1-3,9H,7H2;1H4. The lowest BCUT2D eigenvalue weighted by atomic mass is 10.2. The van der Waals surface area contributed by atoms with Crippen LogP contribution in [0.25, 0.3) is 11.1 Å². The molecule has 0 aliphatic carbocycles. The van der Waals surface area contributed by atoms with Crippen molar-refractivity contribution in [1.82, 2.24) is 24.1 Å². The average Bonchev–Trinajstić information content (AvgIpc) is 3.62. The molecule has 0 spiro atoms. The number of benzene rings is 2. The van der Waals surface area contributed by atoms with Crippen LogP contribution >= 0.6 is 0 Å². The lowest BCUT2D eigenvalue weighted by Gasteiger charge is -2.02. The van der Waals surface area contributed by atoms with E-state index < -0.39 is 9.85 Å². The molecule has 0 saturated heterocycles. The highest BCUT2D eigenvalue weighted by molar-refractivity contribution is 5.81. The zero-order valence-corrected chi connectivity index (χ0v) is 18.2. The first kappa shape index (κ1) is 27.4. The lowest BCUT2D eigenvalue weighted by Crippen LogP contribution is -2.16. The number of nitrogen functional groups attached to an aromatic ring is 2. The van der Waals surface area contributed by atoms with Gasteiger partial charge in [0.15, 0.2) is 5.58 Å². The second-order valence-corrected chi connectivity index (χ2v) is 6.72. The Bertz CT molecular complexity index is 1460. The average molecular weight is 510 g/mol. The van der Waals surface area contributed by atoms with Gasteiger partial charge in [-0.25, -0.2) is 9.97 Å². The van der Waals surface area contributed by atoms with Crippen LogP contribution in [0.1, 0.15) is 7.43 Å². The van der Waals surface area contributed by atoms with Crippen molar-refractivity contribution in [3.8, 4) is 5.75 Å². The summed E-state index contributed by atoms with van der Waals surface area (Å²) in [7, 11) is 0. The lowest BCUT2D eigenvalue weighted by molar-refractivity contribution is -0.384. The molecular formula is C21H22N10O6. The molecule has 0 aliphatic heterocycles. The van der Waals surface area contributed by atoms with Gasteiger partial charge in [-0.2, -0.15) is 4.98 Å². The van der Waals surface area contributed by atoms with Crippen molar-refractivity contribution in [2.75, 3.05) is 11.5 Å². The Morgan fingerprint density at radius 3 is 1.97 bits per heavy atom. The fourth-order valence-electron chi connectivity index (χ4n) is 2.60. The molecule has 0 radical (unpaired) electrons. The first-order valence-electron chi connectivity index (χ1n) is 9.74. The summed E-state index contributed by atoms with van der Waals surface area (Å²) in [5.41, 5.74) is 11.2. The van der Waals surface area contributed by atoms with Crippen LogP contribution < -0.4 is 11.5 Å². The number of hydrogen-bond acceptors (Lipinski definition) is 12. The van der Waals surface area contributed by atoms with Gasteiger partial charge in [-0.1, -0.05) is 7.43 Å². The number of nitrogens with zero attached hydrogens (tertiary/aromatic N) is 7. The number of phenolic OH excluding ortho intramolecular Hbond substituents is 1. The van der Waals surface area contributed by atoms with Crippen molar-refractivity contribution in [2.45, 2.75) is 7.43 Å². The van der Waals surface area contributed by atoms with E-state index in [1.54, 1.807) is 46.6 Å². The zero-order valence-electron chi connectivity index (χ0n) is 18.2. The van der Waals surface area contributed by atoms with E-state index in [4.69, 9.17) is 26.4 Å². The Labute approximate surface area is 208 Å². The molecule has 0 bridgehead atoms. The molecule has 0 fully saturated rings. The van der Waals surface area contributed by atoms with Crippen LogP contribution in [0.5, 0.6) is 5.75 Å². The van der Waals surface area contributed by atoms with Gasteiger partial charge in [0.05, 0.1) is 15.5 Å². The summed E-state index contributed by atoms with van der Waals surface area (Å²) in [5, 5.41) is 37.0. The number of hydrogen-bond donors (Lipinski definition) is 4. The minimum Gasteiger partial charge on any atom is -0.506 e. The van der Waals surface area contributed by atoms with E-state index >= 15 is 0 Å². The fourth-order valence-corrected chi connectivity index (χ4v) is 2.60. The van der Waals surface area contributed by atoms with Crippen molar-refractivity contribution >= 4 is 40.1 Å². The third-order valence-electron chi connectivity index (χ3n) is 4.32. The second-order valence-electron chi connectivity index (χ2n) is 6.72. The number of non-ortho nitro benzene ring substituents is 2. The number of nitrogens with one attached hydrogen (secondary N) is 1. The highest BCUT2D eigenvalue weighted by Crippen LogP contribution is 2.24. The van der Waals surface area contributed by atoms with Crippen LogP contribution in [0.2, 0.25) is 0 Å². The number of fused-ring (bicyclic) bond motifs is 1. The molecule has 0 atom stereocenters. The number of rotatable bonds is 2. The van der Waals surface area contributed by atoms with Gasteiger partial charge in [-0.3, -0.25) is 34.8 Å². The topological polar surface area (TPSA) is 244 Å². The van der Waals surface area contributed by atoms with E-state index in [9.17, 15) is 20.2 Å². The summed E-state index contributed by atoms with van der Waals surface area (Å²) in [6.07, 6.45) is 9.83. The molecule has 0 saturated carbocycles. The van der Waals surface area contributed by atoms with Crippen LogP contribution in [-0.4, -0.2) is 45.0 Å². The SMILES string of the molecule is C.N=C(n1ccnc1)n1ccnc1.Nc1cc([N+](=O)[O-])ccc1O.Nc1nc2cc([N+](=O)[O-])ccc2o1. The van der Waals surface area contributed by atoms with E-state index in [2.05, 4.69) is 15.0 Å². The van der Waals surface area contributed by atoms with Crippen LogP contribution in [-0.2, 0) is 0 Å². The first-order chi connectivity index (χ1) is 17.2. The molecule has 0 amide bonds. The number of nitrogens with two attached hydrogens (primary N) is 2. The van der Waals surface area contributed by atoms with E-state index in [1.807, 2.05) is 0 Å². The van der Waals surface area contributed by atoms with Crippen molar-refractivity contribution in [3.63, 3.8) is 0 Å². The van der Waals surface area contributed by atoms with Crippen LogP contribution in [0.15, 0.2) is 78.3 Å². The fraction of sp³-hybridized carbons (Fsp3) is 0.0476. The summed E-state index contributed by atoms with van der Waals surface area (Å²) in [6, 6.07) is 7.61. The molecule has 5 aromatic rings. The molecule has 5 rings (SSSR count). The summed E-state index contributed by atoms with van der Waals surface area (Å²) in [4.78, 5) is 30.9. The van der Waals surface area contributed by atoms with Crippen molar-refractivity contribution in [3.05, 3.63) is 94.1 Å². The zero-order chi connectivity index (χ0) is 26.2. The second kappa shape index (κ2) is 12.1. The van der Waals surface area contributed by atoms with Gasteiger partial charge in [0.25, 0.3) is 17.4 Å². The van der Waals surface area contributed by atoms with Crippen LogP contribution in [0.4, 0.5) is 23.1 Å². The van der Waals surface area contributed by atoms with Crippen LogP contribution in [0.3, 0.4) is 0 Å². The largest absolute Gasteiger partial charge is 0.506 e. The third kappa shape index (κ3) is 7.09. The predicted octanol–water partition coefficient (Wildman–Crippen LogP) is 3.25. The number of aromatic hydroxyl groups is 1. The highest BCUT2D eigenvalue weighted by Gasteiger charge is 2.09. The molecule has 6 N–H and O–H groups in total. The minimum atomic E-state index is -0.574. The third-order valence-corrected chi connectivity index (χ3v) is 4.32. The van der Waals surface area contributed by atoms with Crippen molar-refractivity contribution < 1.29 is 19.4 Å². The van der Waals surface area contributed by atoms with Crippen LogP contribution in [0, 0.1) is 25.6 Å². The first-order valence-corrected chi connectivity index (χ1v) is 9.74. The molecule has 3 heterocycles. The number of oxazole rings is 1. The van der Waals surface area contributed by atoms with E-state index in [0.29, 0.717) is 17.1 Å². The molecule has 0 unspecified atom stereocenters. The van der Waals surface area contributed by atoms with Gasteiger partial charge in [0.2, 0.25) is 5.96 Å². The van der Waals surface area contributed by atoms with Gasteiger partial charge in [0.1, 0.15) is 23.9 Å². The number of nitro benzene ring substituents is 2. The van der Waals surface area contributed by atoms with Crippen molar-refractivity contribution in [1.29, 1.82) is 5.41 Å². The van der Waals surface area contributed by atoms with Gasteiger partial charge in [-0.15, -0.1) is 0 Å². The quantitative estimate of drug-likeness (QED) is 0.0670.